The third-order valence-corrected chi connectivity index (χ3v) is 3.61. The molecule has 1 rings (SSSR count). The van der Waals surface area contributed by atoms with Crippen LogP contribution in [0.2, 0.25) is 0 Å². The first kappa shape index (κ1) is 21.3. The molecule has 0 aromatic carbocycles. The fraction of sp³-hybridized carbons (Fsp3) is 0.867. The molecule has 0 saturated carbocycles. The summed E-state index contributed by atoms with van der Waals surface area (Å²) in [4.78, 5) is 16.4. The van der Waals surface area contributed by atoms with E-state index in [1.807, 2.05) is 20.8 Å². The Hall–Kier alpha value is -0.730. The molecule has 3 N–H and O–H groups in total. The van der Waals surface area contributed by atoms with E-state index in [0.29, 0.717) is 6.54 Å². The van der Waals surface area contributed by atoms with E-state index < -0.39 is 5.60 Å². The molecule has 6 nitrogen and oxygen atoms in total. The molecule has 22 heavy (non-hydrogen) atoms. The summed E-state index contributed by atoms with van der Waals surface area (Å²) >= 11 is 0. The van der Waals surface area contributed by atoms with Crippen LogP contribution in [-0.4, -0.2) is 42.8 Å². The number of halogens is 1. The number of aliphatic imine (C=N–C) groups is 1. The van der Waals surface area contributed by atoms with Gasteiger partial charge in [-0.3, -0.25) is 4.99 Å². The van der Waals surface area contributed by atoms with Crippen LogP contribution in [0.4, 0.5) is 4.79 Å². The number of hydrogen-bond donors (Lipinski definition) is 3. The number of rotatable bonds is 5. The van der Waals surface area contributed by atoms with Crippen LogP contribution >= 0.6 is 24.0 Å². The average molecular weight is 426 g/mol. The minimum atomic E-state index is -0.486. The quantitative estimate of drug-likeness (QED) is 0.591. The van der Waals surface area contributed by atoms with Gasteiger partial charge in [-0.25, -0.2) is 4.79 Å². The highest BCUT2D eigenvalue weighted by molar-refractivity contribution is 14.0. The summed E-state index contributed by atoms with van der Waals surface area (Å²) in [5, 5.41) is 9.55. The van der Waals surface area contributed by atoms with Crippen molar-refractivity contribution in [3.63, 3.8) is 0 Å². The van der Waals surface area contributed by atoms with Crippen molar-refractivity contribution in [1.29, 1.82) is 0 Å². The molecular weight excluding hydrogens is 395 g/mol. The predicted octanol–water partition coefficient (Wildman–Crippen LogP) is 2.63. The Bertz CT molecular complexity index is 376. The second kappa shape index (κ2) is 9.42. The van der Waals surface area contributed by atoms with E-state index in [0.717, 1.165) is 38.3 Å². The molecule has 0 aromatic heterocycles. The minimum Gasteiger partial charge on any atom is -0.444 e. The van der Waals surface area contributed by atoms with Crippen LogP contribution in [0.5, 0.6) is 0 Å². The number of nitrogens with one attached hydrogen (secondary N) is 3. The number of nitrogens with zero attached hydrogens (tertiary/aromatic N) is 1. The van der Waals surface area contributed by atoms with Gasteiger partial charge >= 0.3 is 6.09 Å². The molecule has 0 aromatic rings. The number of amides is 1. The van der Waals surface area contributed by atoms with Crippen molar-refractivity contribution >= 4 is 36.0 Å². The first-order valence-electron chi connectivity index (χ1n) is 7.83. The number of ether oxygens (including phenoxy) is 1. The zero-order chi connectivity index (χ0) is 15.9. The van der Waals surface area contributed by atoms with E-state index in [4.69, 9.17) is 4.74 Å². The largest absolute Gasteiger partial charge is 0.444 e. The molecule has 0 spiro atoms. The molecule has 0 unspecified atom stereocenters. The molecule has 0 fully saturated rings. The molecule has 1 aliphatic rings. The van der Waals surface area contributed by atoms with Crippen molar-refractivity contribution in [3.8, 4) is 0 Å². The zero-order valence-corrected chi connectivity index (χ0v) is 16.7. The van der Waals surface area contributed by atoms with Gasteiger partial charge in [-0.1, -0.05) is 13.8 Å². The van der Waals surface area contributed by atoms with Gasteiger partial charge in [-0.2, -0.15) is 0 Å². The predicted molar refractivity (Wildman–Crippen MR) is 101 cm³/mol. The van der Waals surface area contributed by atoms with Gasteiger partial charge < -0.3 is 20.7 Å². The minimum absolute atomic E-state index is 0. The summed E-state index contributed by atoms with van der Waals surface area (Å²) < 4.78 is 5.37. The summed E-state index contributed by atoms with van der Waals surface area (Å²) in [6.07, 6.45) is 2.34. The molecule has 0 bridgehead atoms. The van der Waals surface area contributed by atoms with Crippen LogP contribution in [0.1, 0.15) is 53.9 Å². The first-order valence-corrected chi connectivity index (χ1v) is 7.83. The maximum atomic E-state index is 12.0. The molecule has 1 amide bonds. The van der Waals surface area contributed by atoms with Crippen LogP contribution in [-0.2, 0) is 4.74 Å². The van der Waals surface area contributed by atoms with E-state index in [1.54, 1.807) is 0 Å². The maximum absolute atomic E-state index is 12.0. The van der Waals surface area contributed by atoms with Crippen LogP contribution < -0.4 is 16.0 Å². The number of carbonyl (C=O) groups excluding carboxylic acids is 1. The first-order chi connectivity index (χ1) is 9.80. The number of carbonyl (C=O) groups is 1. The van der Waals surface area contributed by atoms with E-state index in [-0.39, 0.29) is 35.6 Å². The Morgan fingerprint density at radius 2 is 1.95 bits per heavy atom. The average Bonchev–Trinajstić information content (AvgIpc) is 2.43. The summed E-state index contributed by atoms with van der Waals surface area (Å²) in [6.45, 7) is 12.2. The molecule has 0 atom stereocenters. The van der Waals surface area contributed by atoms with Crippen LogP contribution in [0.25, 0.3) is 0 Å². The van der Waals surface area contributed by atoms with Crippen molar-refractivity contribution < 1.29 is 9.53 Å². The van der Waals surface area contributed by atoms with Crippen molar-refractivity contribution in [3.05, 3.63) is 0 Å². The molecule has 130 valence electrons. The molecule has 7 heteroatoms. The van der Waals surface area contributed by atoms with E-state index in [1.165, 1.54) is 0 Å². The highest BCUT2D eigenvalue weighted by Crippen LogP contribution is 2.16. The fourth-order valence-corrected chi connectivity index (χ4v) is 2.15. The number of guanidine groups is 1. The van der Waals surface area contributed by atoms with Gasteiger partial charge in [0, 0.05) is 19.6 Å². The van der Waals surface area contributed by atoms with Gasteiger partial charge in [0.1, 0.15) is 5.60 Å². The van der Waals surface area contributed by atoms with Crippen molar-refractivity contribution in [1.82, 2.24) is 16.0 Å². The van der Waals surface area contributed by atoms with Gasteiger partial charge in [-0.05, 0) is 40.0 Å². The second-order valence-electron chi connectivity index (χ2n) is 6.48. The monoisotopic (exact) mass is 426 g/mol. The Morgan fingerprint density at radius 3 is 2.41 bits per heavy atom. The standard InChI is InChI=1S/C15H30N4O2.HI/c1-6-15(7-2,19-13(20)21-14(3,4)5)11-18-12-16-9-8-10-17-12;/h6-11H2,1-5H3,(H,19,20)(H2,16,17,18);1H. The Balaban J connectivity index is 0.00000441. The van der Waals surface area contributed by atoms with E-state index >= 15 is 0 Å². The van der Waals surface area contributed by atoms with E-state index in [2.05, 4.69) is 34.8 Å². The maximum Gasteiger partial charge on any atom is 0.408 e. The molecule has 0 radical (unpaired) electrons. The topological polar surface area (TPSA) is 74.8 Å². The summed E-state index contributed by atoms with van der Waals surface area (Å²) in [5.41, 5.74) is -0.816. The third-order valence-electron chi connectivity index (χ3n) is 3.61. The van der Waals surface area contributed by atoms with Gasteiger partial charge in [0.05, 0.1) is 5.54 Å². The lowest BCUT2D eigenvalue weighted by Crippen LogP contribution is -2.57. The van der Waals surface area contributed by atoms with Crippen molar-refractivity contribution in [2.75, 3.05) is 19.6 Å². The molecule has 1 aliphatic heterocycles. The number of alkyl carbamates (subject to hydrolysis) is 1. The lowest BCUT2D eigenvalue weighted by Gasteiger charge is -2.34. The highest BCUT2D eigenvalue weighted by Gasteiger charge is 2.30. The van der Waals surface area contributed by atoms with Crippen LogP contribution in [0.15, 0.2) is 4.99 Å². The second-order valence-corrected chi connectivity index (χ2v) is 6.48. The van der Waals surface area contributed by atoms with E-state index in [9.17, 15) is 4.79 Å². The van der Waals surface area contributed by atoms with Gasteiger partial charge in [-0.15, -0.1) is 24.0 Å². The normalized spacial score (nSPS) is 15.0. The summed E-state index contributed by atoms with van der Waals surface area (Å²) in [7, 11) is 0. The third kappa shape index (κ3) is 7.51. The van der Waals surface area contributed by atoms with Crippen molar-refractivity contribution in [2.24, 2.45) is 4.99 Å². The van der Waals surface area contributed by atoms with Gasteiger partial charge in [0.15, 0.2) is 5.96 Å². The molecule has 1 heterocycles. The lowest BCUT2D eigenvalue weighted by atomic mass is 9.93. The smallest absolute Gasteiger partial charge is 0.408 e. The zero-order valence-electron chi connectivity index (χ0n) is 14.4. The summed E-state index contributed by atoms with van der Waals surface area (Å²) in [6, 6.07) is 0. The summed E-state index contributed by atoms with van der Waals surface area (Å²) in [5.74, 6) is 0.818. The highest BCUT2D eigenvalue weighted by atomic mass is 127. The molecule has 0 aliphatic carbocycles. The Kier molecular flexibility index (Phi) is 9.11. The molecular formula is C15H31IN4O2. The molecule has 0 saturated heterocycles. The Morgan fingerprint density at radius 1 is 1.32 bits per heavy atom. The fourth-order valence-electron chi connectivity index (χ4n) is 2.15. The SMILES string of the molecule is CCC(CC)(CNC1=NCCCN1)NC(=O)OC(C)(C)C.I. The van der Waals surface area contributed by atoms with Crippen molar-refractivity contribution in [2.45, 2.75) is 65.0 Å². The van der Waals surface area contributed by atoms with Crippen LogP contribution in [0, 0.1) is 0 Å². The van der Waals surface area contributed by atoms with Gasteiger partial charge in [0.2, 0.25) is 0 Å². The lowest BCUT2D eigenvalue weighted by molar-refractivity contribution is 0.0448. The number of hydrogen-bond acceptors (Lipinski definition) is 5. The van der Waals surface area contributed by atoms with Crippen LogP contribution in [0.3, 0.4) is 0 Å². The van der Waals surface area contributed by atoms with Gasteiger partial charge in [0.25, 0.3) is 0 Å². The Labute approximate surface area is 151 Å².